The molecule has 1 aromatic carbocycles. The first kappa shape index (κ1) is 7.98. The molecular formula is C7H4FNOS. The van der Waals surface area contributed by atoms with E-state index in [0.717, 1.165) is 0 Å². The molecule has 0 atom stereocenters. The Balaban J connectivity index is 3.19. The van der Waals surface area contributed by atoms with E-state index in [-0.39, 0.29) is 5.69 Å². The van der Waals surface area contributed by atoms with Gasteiger partial charge in [-0.2, -0.15) is 4.99 Å². The molecule has 1 aromatic rings. The Morgan fingerprint density at radius 1 is 1.55 bits per heavy atom. The molecule has 0 fully saturated rings. The molecule has 0 N–H and O–H groups in total. The summed E-state index contributed by atoms with van der Waals surface area (Å²) in [5, 5.41) is 0. The lowest BCUT2D eigenvalue weighted by Crippen LogP contribution is -1.74. The van der Waals surface area contributed by atoms with Gasteiger partial charge in [0.2, 0.25) is 6.08 Å². The van der Waals surface area contributed by atoms with Crippen LogP contribution >= 0.6 is 12.6 Å². The lowest BCUT2D eigenvalue weighted by molar-refractivity contribution is 0.564. The van der Waals surface area contributed by atoms with Crippen molar-refractivity contribution in [1.82, 2.24) is 0 Å². The average Bonchev–Trinajstić information content (AvgIpc) is 1.95. The maximum absolute atomic E-state index is 12.7. The van der Waals surface area contributed by atoms with Crippen molar-refractivity contribution < 1.29 is 9.18 Å². The smallest absolute Gasteiger partial charge is 0.211 e. The van der Waals surface area contributed by atoms with Gasteiger partial charge in [-0.3, -0.25) is 0 Å². The fraction of sp³-hybridized carbons (Fsp3) is 0. The predicted molar refractivity (Wildman–Crippen MR) is 41.4 cm³/mol. The normalized spacial score (nSPS) is 8.91. The van der Waals surface area contributed by atoms with Crippen LogP contribution in [0.2, 0.25) is 0 Å². The molecule has 1 rings (SSSR count). The number of carbonyl (C=O) groups excluding carboxylic acids is 1. The lowest BCUT2D eigenvalue weighted by atomic mass is 10.3. The minimum absolute atomic E-state index is 0.0159. The van der Waals surface area contributed by atoms with Gasteiger partial charge in [0, 0.05) is 4.90 Å². The molecule has 4 heteroatoms. The maximum atomic E-state index is 12.7. The van der Waals surface area contributed by atoms with Crippen LogP contribution in [0.5, 0.6) is 0 Å². The number of hydrogen-bond donors (Lipinski definition) is 1. The highest BCUT2D eigenvalue weighted by Crippen LogP contribution is 2.19. The van der Waals surface area contributed by atoms with Crippen LogP contribution in [0.4, 0.5) is 10.1 Å². The number of hydrogen-bond acceptors (Lipinski definition) is 3. The van der Waals surface area contributed by atoms with Crippen LogP contribution in [0.3, 0.4) is 0 Å². The van der Waals surface area contributed by atoms with Gasteiger partial charge in [0.05, 0.1) is 0 Å². The summed E-state index contributed by atoms with van der Waals surface area (Å²) < 4.78 is 12.7. The second kappa shape index (κ2) is 3.32. The van der Waals surface area contributed by atoms with E-state index in [0.29, 0.717) is 4.90 Å². The van der Waals surface area contributed by atoms with E-state index in [1.54, 1.807) is 6.07 Å². The Bertz CT molecular complexity index is 320. The van der Waals surface area contributed by atoms with E-state index in [4.69, 9.17) is 0 Å². The molecule has 0 heterocycles. The summed E-state index contributed by atoms with van der Waals surface area (Å²) in [6, 6.07) is 4.09. The third-order valence-corrected chi connectivity index (χ3v) is 1.38. The molecule has 0 bridgehead atoms. The Hall–Kier alpha value is -1.12. The lowest BCUT2D eigenvalue weighted by Gasteiger charge is -1.93. The molecule has 0 aliphatic heterocycles. The fourth-order valence-corrected chi connectivity index (χ4v) is 0.824. The van der Waals surface area contributed by atoms with Crippen molar-refractivity contribution in [3.05, 3.63) is 24.0 Å². The molecule has 0 saturated carbocycles. The third-order valence-electron chi connectivity index (χ3n) is 1.10. The maximum Gasteiger partial charge on any atom is 0.240 e. The van der Waals surface area contributed by atoms with Gasteiger partial charge in [0.25, 0.3) is 0 Å². The van der Waals surface area contributed by atoms with E-state index in [2.05, 4.69) is 17.6 Å². The first-order chi connectivity index (χ1) is 5.24. The van der Waals surface area contributed by atoms with Gasteiger partial charge in [-0.1, -0.05) is 0 Å². The zero-order chi connectivity index (χ0) is 8.27. The van der Waals surface area contributed by atoms with E-state index in [9.17, 15) is 9.18 Å². The minimum atomic E-state index is -0.569. The summed E-state index contributed by atoms with van der Waals surface area (Å²) >= 11 is 3.89. The van der Waals surface area contributed by atoms with Crippen LogP contribution in [-0.4, -0.2) is 6.08 Å². The topological polar surface area (TPSA) is 29.4 Å². The Kier molecular flexibility index (Phi) is 2.41. The number of nitrogens with zero attached hydrogens (tertiary/aromatic N) is 1. The SMILES string of the molecule is O=C=Nc1ccc(S)cc1F. The fourth-order valence-electron chi connectivity index (χ4n) is 0.636. The molecule has 0 spiro atoms. The first-order valence-electron chi connectivity index (χ1n) is 2.80. The zero-order valence-electron chi connectivity index (χ0n) is 5.41. The molecule has 0 unspecified atom stereocenters. The quantitative estimate of drug-likeness (QED) is 0.389. The number of halogens is 1. The van der Waals surface area contributed by atoms with E-state index in [1.165, 1.54) is 18.2 Å². The average molecular weight is 169 g/mol. The largest absolute Gasteiger partial charge is 0.240 e. The van der Waals surface area contributed by atoms with Crippen LogP contribution < -0.4 is 0 Å². The summed E-state index contributed by atoms with van der Waals surface area (Å²) in [6.45, 7) is 0. The number of aliphatic imine (C=N–C) groups is 1. The van der Waals surface area contributed by atoms with Gasteiger partial charge in [-0.25, -0.2) is 9.18 Å². The van der Waals surface area contributed by atoms with Crippen LogP contribution in [0.15, 0.2) is 28.1 Å². The van der Waals surface area contributed by atoms with Gasteiger partial charge in [-0.05, 0) is 18.2 Å². The summed E-state index contributed by atoms with van der Waals surface area (Å²) in [5.74, 6) is -0.569. The van der Waals surface area contributed by atoms with Gasteiger partial charge in [-0.15, -0.1) is 12.6 Å². The molecule has 0 amide bonds. The van der Waals surface area contributed by atoms with Crippen molar-refractivity contribution in [3.63, 3.8) is 0 Å². The summed E-state index contributed by atoms with van der Waals surface area (Å²) in [7, 11) is 0. The molecule has 2 nitrogen and oxygen atoms in total. The number of rotatable bonds is 1. The first-order valence-corrected chi connectivity index (χ1v) is 3.25. The van der Waals surface area contributed by atoms with Crippen LogP contribution in [0.1, 0.15) is 0 Å². The van der Waals surface area contributed by atoms with Crippen LogP contribution in [0.25, 0.3) is 0 Å². The summed E-state index contributed by atoms with van der Waals surface area (Å²) in [5.41, 5.74) is -0.0159. The van der Waals surface area contributed by atoms with Gasteiger partial charge in [0.15, 0.2) is 5.82 Å². The van der Waals surface area contributed by atoms with Crippen LogP contribution in [-0.2, 0) is 4.79 Å². The van der Waals surface area contributed by atoms with Crippen LogP contribution in [0, 0.1) is 5.82 Å². The number of benzene rings is 1. The monoisotopic (exact) mass is 169 g/mol. The molecule has 11 heavy (non-hydrogen) atoms. The van der Waals surface area contributed by atoms with Gasteiger partial charge in [0.1, 0.15) is 5.69 Å². The number of thiol groups is 1. The van der Waals surface area contributed by atoms with Gasteiger partial charge < -0.3 is 0 Å². The standard InChI is InChI=1S/C7H4FNOS/c8-6-3-5(11)1-2-7(6)9-4-10/h1-3,11H. The second-order valence-electron chi connectivity index (χ2n) is 1.84. The van der Waals surface area contributed by atoms with E-state index < -0.39 is 5.82 Å². The molecule has 56 valence electrons. The molecule has 0 radical (unpaired) electrons. The molecule has 0 saturated heterocycles. The molecule has 0 aliphatic carbocycles. The highest BCUT2D eigenvalue weighted by atomic mass is 32.1. The predicted octanol–water partition coefficient (Wildman–Crippen LogP) is 2.08. The van der Waals surface area contributed by atoms with Crippen molar-refractivity contribution in [3.8, 4) is 0 Å². The van der Waals surface area contributed by atoms with E-state index >= 15 is 0 Å². The molecular weight excluding hydrogens is 165 g/mol. The van der Waals surface area contributed by atoms with Crippen molar-refractivity contribution >= 4 is 24.4 Å². The molecule has 0 aromatic heterocycles. The minimum Gasteiger partial charge on any atom is -0.211 e. The third kappa shape index (κ3) is 1.90. The molecule has 0 aliphatic rings. The highest BCUT2D eigenvalue weighted by Gasteiger charge is 1.98. The van der Waals surface area contributed by atoms with Gasteiger partial charge >= 0.3 is 0 Å². The highest BCUT2D eigenvalue weighted by molar-refractivity contribution is 7.80. The Labute approximate surface area is 68.2 Å². The Morgan fingerprint density at radius 3 is 2.82 bits per heavy atom. The zero-order valence-corrected chi connectivity index (χ0v) is 6.31. The van der Waals surface area contributed by atoms with Crippen molar-refractivity contribution in [2.24, 2.45) is 4.99 Å². The second-order valence-corrected chi connectivity index (χ2v) is 2.36. The Morgan fingerprint density at radius 2 is 2.27 bits per heavy atom. The summed E-state index contributed by atoms with van der Waals surface area (Å²) in [4.78, 5) is 13.4. The van der Waals surface area contributed by atoms with Crippen molar-refractivity contribution in [1.29, 1.82) is 0 Å². The number of isocyanates is 1. The summed E-state index contributed by atoms with van der Waals surface area (Å²) in [6.07, 6.45) is 1.25. The van der Waals surface area contributed by atoms with Crippen molar-refractivity contribution in [2.75, 3.05) is 0 Å². The van der Waals surface area contributed by atoms with E-state index in [1.807, 2.05) is 0 Å². The van der Waals surface area contributed by atoms with Crippen molar-refractivity contribution in [2.45, 2.75) is 4.90 Å².